The standard InChI is InChI=1S/C14H20ClNO2/c1-5-10(8-16-3)14(17)11-7-12(15)9(2)6-13(11)18-4/h6-7,10,16H,5,8H2,1-4H3. The molecule has 0 heterocycles. The largest absolute Gasteiger partial charge is 0.496 e. The van der Waals surface area contributed by atoms with Crippen LogP contribution in [0.3, 0.4) is 0 Å². The van der Waals surface area contributed by atoms with E-state index in [0.717, 1.165) is 12.0 Å². The zero-order valence-corrected chi connectivity index (χ0v) is 12.1. The van der Waals surface area contributed by atoms with Crippen molar-refractivity contribution in [2.45, 2.75) is 20.3 Å². The zero-order chi connectivity index (χ0) is 13.7. The molecule has 1 N–H and O–H groups in total. The van der Waals surface area contributed by atoms with Crippen molar-refractivity contribution in [2.24, 2.45) is 5.92 Å². The first-order valence-corrected chi connectivity index (χ1v) is 6.45. The molecular formula is C14H20ClNO2. The van der Waals surface area contributed by atoms with Crippen LogP contribution in [0.15, 0.2) is 12.1 Å². The Labute approximate surface area is 113 Å². The van der Waals surface area contributed by atoms with Crippen LogP contribution < -0.4 is 10.1 Å². The van der Waals surface area contributed by atoms with Crippen LogP contribution in [0.1, 0.15) is 29.3 Å². The number of ether oxygens (including phenoxy) is 1. The Balaban J connectivity index is 3.14. The highest BCUT2D eigenvalue weighted by Gasteiger charge is 2.22. The van der Waals surface area contributed by atoms with Gasteiger partial charge in [0.1, 0.15) is 5.75 Å². The number of aryl methyl sites for hydroxylation is 1. The van der Waals surface area contributed by atoms with Crippen LogP contribution in [0, 0.1) is 12.8 Å². The van der Waals surface area contributed by atoms with Gasteiger partial charge >= 0.3 is 0 Å². The van der Waals surface area contributed by atoms with E-state index in [1.54, 1.807) is 13.2 Å². The molecule has 1 rings (SSSR count). The van der Waals surface area contributed by atoms with E-state index in [2.05, 4.69) is 5.32 Å². The molecule has 1 aromatic rings. The Hall–Kier alpha value is -1.06. The molecule has 0 spiro atoms. The lowest BCUT2D eigenvalue weighted by atomic mass is 9.94. The van der Waals surface area contributed by atoms with E-state index in [-0.39, 0.29) is 11.7 Å². The van der Waals surface area contributed by atoms with Crippen LogP contribution in [0.5, 0.6) is 5.75 Å². The Morgan fingerprint density at radius 1 is 1.50 bits per heavy atom. The Kier molecular flexibility index (Phi) is 5.63. The van der Waals surface area contributed by atoms with Crippen LogP contribution in [0.4, 0.5) is 0 Å². The molecule has 18 heavy (non-hydrogen) atoms. The molecule has 0 aliphatic rings. The average Bonchev–Trinajstić information content (AvgIpc) is 2.37. The van der Waals surface area contributed by atoms with Crippen molar-refractivity contribution in [3.63, 3.8) is 0 Å². The number of hydrogen-bond donors (Lipinski definition) is 1. The SMILES string of the molecule is CCC(CNC)C(=O)c1cc(Cl)c(C)cc1OC. The van der Waals surface area contributed by atoms with Gasteiger partial charge in [-0.3, -0.25) is 4.79 Å². The fourth-order valence-corrected chi connectivity index (χ4v) is 2.07. The number of benzene rings is 1. The molecule has 0 aromatic heterocycles. The van der Waals surface area contributed by atoms with E-state index < -0.39 is 0 Å². The first-order valence-electron chi connectivity index (χ1n) is 6.08. The van der Waals surface area contributed by atoms with Gasteiger partial charge in [-0.05, 0) is 38.1 Å². The van der Waals surface area contributed by atoms with Crippen molar-refractivity contribution >= 4 is 17.4 Å². The van der Waals surface area contributed by atoms with E-state index in [1.807, 2.05) is 27.0 Å². The van der Waals surface area contributed by atoms with Crippen LogP contribution in [-0.2, 0) is 0 Å². The summed E-state index contributed by atoms with van der Waals surface area (Å²) in [7, 11) is 3.41. The Bertz CT molecular complexity index is 432. The van der Waals surface area contributed by atoms with E-state index in [9.17, 15) is 4.79 Å². The smallest absolute Gasteiger partial charge is 0.170 e. The first kappa shape index (κ1) is 15.0. The van der Waals surface area contributed by atoms with Crippen molar-refractivity contribution in [3.05, 3.63) is 28.3 Å². The fourth-order valence-electron chi connectivity index (χ4n) is 1.91. The molecule has 1 unspecified atom stereocenters. The minimum atomic E-state index is -0.0531. The Morgan fingerprint density at radius 2 is 2.17 bits per heavy atom. The molecule has 0 amide bonds. The maximum Gasteiger partial charge on any atom is 0.170 e. The summed E-state index contributed by atoms with van der Waals surface area (Å²) >= 11 is 6.09. The summed E-state index contributed by atoms with van der Waals surface area (Å²) < 4.78 is 5.28. The molecule has 0 aliphatic carbocycles. The summed E-state index contributed by atoms with van der Waals surface area (Å²) in [5.41, 5.74) is 1.47. The molecule has 0 bridgehead atoms. The number of carbonyl (C=O) groups is 1. The van der Waals surface area contributed by atoms with Gasteiger partial charge in [-0.25, -0.2) is 0 Å². The second-order valence-corrected chi connectivity index (χ2v) is 4.74. The highest BCUT2D eigenvalue weighted by molar-refractivity contribution is 6.31. The van der Waals surface area contributed by atoms with E-state index in [0.29, 0.717) is 22.9 Å². The number of carbonyl (C=O) groups excluding carboxylic acids is 1. The monoisotopic (exact) mass is 269 g/mol. The molecule has 100 valence electrons. The van der Waals surface area contributed by atoms with Gasteiger partial charge in [0, 0.05) is 17.5 Å². The number of hydrogen-bond acceptors (Lipinski definition) is 3. The summed E-state index contributed by atoms with van der Waals surface area (Å²) in [6, 6.07) is 3.51. The van der Waals surface area contributed by atoms with Crippen LogP contribution in [-0.4, -0.2) is 26.5 Å². The third-order valence-corrected chi connectivity index (χ3v) is 3.47. The van der Waals surface area contributed by atoms with Gasteiger partial charge in [-0.2, -0.15) is 0 Å². The predicted octanol–water partition coefficient (Wildman–Crippen LogP) is 3.09. The van der Waals surface area contributed by atoms with Gasteiger partial charge in [0.2, 0.25) is 0 Å². The van der Waals surface area contributed by atoms with Crippen molar-refractivity contribution in [1.82, 2.24) is 5.32 Å². The summed E-state index contributed by atoms with van der Waals surface area (Å²) in [5.74, 6) is 0.615. The number of methoxy groups -OCH3 is 1. The molecule has 1 aromatic carbocycles. The highest BCUT2D eigenvalue weighted by atomic mass is 35.5. The number of nitrogens with one attached hydrogen (secondary N) is 1. The highest BCUT2D eigenvalue weighted by Crippen LogP contribution is 2.29. The predicted molar refractivity (Wildman–Crippen MR) is 74.8 cm³/mol. The molecule has 1 atom stereocenters. The maximum atomic E-state index is 12.4. The van der Waals surface area contributed by atoms with Crippen molar-refractivity contribution < 1.29 is 9.53 Å². The topological polar surface area (TPSA) is 38.3 Å². The Morgan fingerprint density at radius 3 is 2.67 bits per heavy atom. The minimum absolute atomic E-state index is 0.0531. The van der Waals surface area contributed by atoms with Crippen LogP contribution in [0.25, 0.3) is 0 Å². The molecule has 0 radical (unpaired) electrons. The average molecular weight is 270 g/mol. The number of Topliss-reactive ketones (excluding diaryl/α,β-unsaturated/α-hetero) is 1. The van der Waals surface area contributed by atoms with Crippen LogP contribution in [0.2, 0.25) is 5.02 Å². The maximum absolute atomic E-state index is 12.4. The van der Waals surface area contributed by atoms with Crippen molar-refractivity contribution in [2.75, 3.05) is 20.7 Å². The fraction of sp³-hybridized carbons (Fsp3) is 0.500. The minimum Gasteiger partial charge on any atom is -0.496 e. The summed E-state index contributed by atoms with van der Waals surface area (Å²) in [5, 5.41) is 3.63. The molecule has 0 saturated heterocycles. The number of ketones is 1. The zero-order valence-electron chi connectivity index (χ0n) is 11.3. The third-order valence-electron chi connectivity index (χ3n) is 3.06. The molecule has 3 nitrogen and oxygen atoms in total. The molecule has 0 saturated carbocycles. The van der Waals surface area contributed by atoms with Crippen molar-refractivity contribution in [3.8, 4) is 5.75 Å². The van der Waals surface area contributed by atoms with Gasteiger partial charge in [0.15, 0.2) is 5.78 Å². The summed E-state index contributed by atoms with van der Waals surface area (Å²) in [4.78, 5) is 12.4. The molecule has 0 fully saturated rings. The van der Waals surface area contributed by atoms with Crippen LogP contribution >= 0.6 is 11.6 Å². The van der Waals surface area contributed by atoms with Gasteiger partial charge in [0.25, 0.3) is 0 Å². The van der Waals surface area contributed by atoms with E-state index in [4.69, 9.17) is 16.3 Å². The van der Waals surface area contributed by atoms with Gasteiger partial charge < -0.3 is 10.1 Å². The first-order chi connectivity index (χ1) is 8.54. The number of rotatable bonds is 6. The lowest BCUT2D eigenvalue weighted by molar-refractivity contribution is 0.0913. The van der Waals surface area contributed by atoms with E-state index >= 15 is 0 Å². The second kappa shape index (κ2) is 6.76. The van der Waals surface area contributed by atoms with Gasteiger partial charge in [0.05, 0.1) is 12.7 Å². The lowest BCUT2D eigenvalue weighted by Gasteiger charge is -2.16. The van der Waals surface area contributed by atoms with Gasteiger partial charge in [-0.15, -0.1) is 0 Å². The normalized spacial score (nSPS) is 12.3. The van der Waals surface area contributed by atoms with Gasteiger partial charge in [-0.1, -0.05) is 18.5 Å². The van der Waals surface area contributed by atoms with Crippen molar-refractivity contribution in [1.29, 1.82) is 0 Å². The lowest BCUT2D eigenvalue weighted by Crippen LogP contribution is -2.26. The summed E-state index contributed by atoms with van der Waals surface area (Å²) in [6.45, 7) is 4.55. The molecule has 0 aliphatic heterocycles. The third kappa shape index (κ3) is 3.24. The second-order valence-electron chi connectivity index (χ2n) is 4.33. The quantitative estimate of drug-likeness (QED) is 0.807. The molecule has 4 heteroatoms. The number of halogens is 1. The molecular weight excluding hydrogens is 250 g/mol. The summed E-state index contributed by atoms with van der Waals surface area (Å²) in [6.07, 6.45) is 0.786. The van der Waals surface area contributed by atoms with E-state index in [1.165, 1.54) is 0 Å².